The van der Waals surface area contributed by atoms with Crippen molar-refractivity contribution in [2.75, 3.05) is 12.8 Å². The third kappa shape index (κ3) is 3.05. The predicted molar refractivity (Wildman–Crippen MR) is 79.9 cm³/mol. The molecule has 5 nitrogen and oxygen atoms in total. The summed E-state index contributed by atoms with van der Waals surface area (Å²) in [6, 6.07) is 5.18. The fraction of sp³-hybridized carbons (Fsp3) is 0.231. The number of aryl methyl sites for hydroxylation is 1. The highest BCUT2D eigenvalue weighted by molar-refractivity contribution is 6.34. The number of nitrogen functional groups attached to an aromatic ring is 1. The van der Waals surface area contributed by atoms with E-state index < -0.39 is 0 Å². The van der Waals surface area contributed by atoms with Crippen molar-refractivity contribution in [1.82, 2.24) is 14.7 Å². The van der Waals surface area contributed by atoms with Crippen molar-refractivity contribution in [2.24, 2.45) is 7.05 Å². The second kappa shape index (κ2) is 5.73. The molecule has 2 N–H and O–H groups in total. The maximum Gasteiger partial charge on any atom is 0.274 e. The molecule has 1 heterocycles. The topological polar surface area (TPSA) is 64.2 Å². The summed E-state index contributed by atoms with van der Waals surface area (Å²) in [7, 11) is 3.36. The Kier molecular flexibility index (Phi) is 4.20. The fourth-order valence-corrected chi connectivity index (χ4v) is 2.52. The van der Waals surface area contributed by atoms with E-state index >= 15 is 0 Å². The molecular weight excluding hydrogens is 299 g/mol. The molecule has 0 spiro atoms. The van der Waals surface area contributed by atoms with Gasteiger partial charge in [0.2, 0.25) is 0 Å². The molecule has 0 aliphatic rings. The number of rotatable bonds is 3. The van der Waals surface area contributed by atoms with E-state index in [-0.39, 0.29) is 5.91 Å². The predicted octanol–water partition coefficient (Wildman–Crippen LogP) is 2.58. The number of carbonyl (C=O) groups is 1. The van der Waals surface area contributed by atoms with Crippen LogP contribution >= 0.6 is 23.2 Å². The van der Waals surface area contributed by atoms with Gasteiger partial charge < -0.3 is 10.6 Å². The first-order chi connectivity index (χ1) is 9.38. The zero-order chi connectivity index (χ0) is 14.9. The van der Waals surface area contributed by atoms with Crippen LogP contribution in [-0.4, -0.2) is 27.6 Å². The van der Waals surface area contributed by atoms with Gasteiger partial charge in [-0.2, -0.15) is 5.10 Å². The SMILES string of the molecule is CN(Cc1cc(Cl)cc(Cl)c1)C(=O)c1c(N)cnn1C. The van der Waals surface area contributed by atoms with Crippen LogP contribution in [0.1, 0.15) is 16.1 Å². The first-order valence-corrected chi connectivity index (χ1v) is 6.62. The first kappa shape index (κ1) is 14.7. The van der Waals surface area contributed by atoms with Crippen LogP contribution in [0, 0.1) is 0 Å². The Bertz CT molecular complexity index is 614. The number of carbonyl (C=O) groups excluding carboxylic acids is 1. The second-order valence-electron chi connectivity index (χ2n) is 4.51. The van der Waals surface area contributed by atoms with Crippen molar-refractivity contribution in [3.63, 3.8) is 0 Å². The van der Waals surface area contributed by atoms with E-state index in [0.29, 0.717) is 28.0 Å². The van der Waals surface area contributed by atoms with Gasteiger partial charge in [-0.1, -0.05) is 23.2 Å². The quantitative estimate of drug-likeness (QED) is 0.947. The Hall–Kier alpha value is -1.72. The number of anilines is 1. The molecule has 0 bridgehead atoms. The number of benzene rings is 1. The van der Waals surface area contributed by atoms with Gasteiger partial charge in [0.1, 0.15) is 5.69 Å². The first-order valence-electron chi connectivity index (χ1n) is 5.86. The lowest BCUT2D eigenvalue weighted by Gasteiger charge is -2.18. The van der Waals surface area contributed by atoms with Gasteiger partial charge in [-0.05, 0) is 23.8 Å². The molecular formula is C13H14Cl2N4O. The third-order valence-corrected chi connectivity index (χ3v) is 3.29. The molecule has 7 heteroatoms. The summed E-state index contributed by atoms with van der Waals surface area (Å²) in [6.45, 7) is 0.379. The van der Waals surface area contributed by atoms with Gasteiger partial charge in [-0.15, -0.1) is 0 Å². The molecule has 1 aromatic carbocycles. The van der Waals surface area contributed by atoms with E-state index in [2.05, 4.69) is 5.10 Å². The summed E-state index contributed by atoms with van der Waals surface area (Å²) in [5.74, 6) is -0.210. The van der Waals surface area contributed by atoms with Crippen molar-refractivity contribution in [2.45, 2.75) is 6.54 Å². The molecule has 106 valence electrons. The molecule has 0 aliphatic heterocycles. The Morgan fingerprint density at radius 2 is 1.95 bits per heavy atom. The lowest BCUT2D eigenvalue weighted by atomic mass is 10.2. The highest BCUT2D eigenvalue weighted by Crippen LogP contribution is 2.21. The van der Waals surface area contributed by atoms with Gasteiger partial charge in [0.25, 0.3) is 5.91 Å². The molecule has 1 amide bonds. The fourth-order valence-electron chi connectivity index (χ4n) is 1.95. The van der Waals surface area contributed by atoms with Crippen LogP contribution in [0.15, 0.2) is 24.4 Å². The highest BCUT2D eigenvalue weighted by atomic mass is 35.5. The van der Waals surface area contributed by atoms with Gasteiger partial charge in [0.05, 0.1) is 11.9 Å². The molecule has 0 saturated heterocycles. The van der Waals surface area contributed by atoms with Crippen molar-refractivity contribution in [3.8, 4) is 0 Å². The van der Waals surface area contributed by atoms with Crippen LogP contribution in [0.25, 0.3) is 0 Å². The molecule has 2 rings (SSSR count). The summed E-state index contributed by atoms with van der Waals surface area (Å²) >= 11 is 11.9. The number of amides is 1. The average Bonchev–Trinajstić information content (AvgIpc) is 2.66. The molecule has 20 heavy (non-hydrogen) atoms. The van der Waals surface area contributed by atoms with Crippen LogP contribution in [0.3, 0.4) is 0 Å². The molecule has 0 radical (unpaired) electrons. The van der Waals surface area contributed by atoms with Crippen molar-refractivity contribution < 1.29 is 4.79 Å². The van der Waals surface area contributed by atoms with Gasteiger partial charge >= 0.3 is 0 Å². The Balaban J connectivity index is 2.20. The molecule has 0 fully saturated rings. The van der Waals surface area contributed by atoms with Gasteiger partial charge in [-0.25, -0.2) is 0 Å². The minimum Gasteiger partial charge on any atom is -0.396 e. The van der Waals surface area contributed by atoms with Crippen molar-refractivity contribution in [3.05, 3.63) is 45.7 Å². The van der Waals surface area contributed by atoms with Gasteiger partial charge in [-0.3, -0.25) is 9.48 Å². The Morgan fingerprint density at radius 1 is 1.35 bits per heavy atom. The zero-order valence-electron chi connectivity index (χ0n) is 11.1. The maximum absolute atomic E-state index is 12.3. The van der Waals surface area contributed by atoms with E-state index in [9.17, 15) is 4.79 Å². The van der Waals surface area contributed by atoms with E-state index in [4.69, 9.17) is 28.9 Å². The van der Waals surface area contributed by atoms with Crippen LogP contribution < -0.4 is 5.73 Å². The number of hydrogen-bond donors (Lipinski definition) is 1. The number of nitrogens with zero attached hydrogens (tertiary/aromatic N) is 3. The number of aromatic nitrogens is 2. The second-order valence-corrected chi connectivity index (χ2v) is 5.38. The monoisotopic (exact) mass is 312 g/mol. The molecule has 0 atom stereocenters. The lowest BCUT2D eigenvalue weighted by Crippen LogP contribution is -2.28. The smallest absolute Gasteiger partial charge is 0.274 e. The number of halogens is 2. The normalized spacial score (nSPS) is 10.6. The van der Waals surface area contributed by atoms with E-state index in [1.807, 2.05) is 0 Å². The third-order valence-electron chi connectivity index (χ3n) is 2.86. The molecule has 0 saturated carbocycles. The number of hydrogen-bond acceptors (Lipinski definition) is 3. The van der Waals surface area contributed by atoms with Crippen LogP contribution in [0.2, 0.25) is 10.0 Å². The van der Waals surface area contributed by atoms with Gasteiger partial charge in [0.15, 0.2) is 0 Å². The van der Waals surface area contributed by atoms with Crippen LogP contribution in [0.4, 0.5) is 5.69 Å². The summed E-state index contributed by atoms with van der Waals surface area (Å²) in [4.78, 5) is 13.9. The minimum atomic E-state index is -0.210. The van der Waals surface area contributed by atoms with E-state index in [1.165, 1.54) is 15.8 Å². The van der Waals surface area contributed by atoms with E-state index in [0.717, 1.165) is 5.56 Å². The Labute approximate surface area is 126 Å². The standard InChI is InChI=1S/C13H14Cl2N4O/c1-18(7-8-3-9(14)5-10(15)4-8)13(20)12-11(16)6-17-19(12)2/h3-6H,7,16H2,1-2H3. The number of nitrogens with two attached hydrogens (primary N) is 1. The van der Waals surface area contributed by atoms with Crippen LogP contribution in [-0.2, 0) is 13.6 Å². The highest BCUT2D eigenvalue weighted by Gasteiger charge is 2.19. The minimum absolute atomic E-state index is 0.210. The lowest BCUT2D eigenvalue weighted by molar-refractivity contribution is 0.0775. The zero-order valence-corrected chi connectivity index (χ0v) is 12.6. The average molecular weight is 313 g/mol. The molecule has 1 aromatic heterocycles. The van der Waals surface area contributed by atoms with Crippen molar-refractivity contribution in [1.29, 1.82) is 0 Å². The molecule has 2 aromatic rings. The summed E-state index contributed by atoms with van der Waals surface area (Å²) in [5, 5.41) is 5.03. The maximum atomic E-state index is 12.3. The summed E-state index contributed by atoms with van der Waals surface area (Å²) < 4.78 is 1.46. The summed E-state index contributed by atoms with van der Waals surface area (Å²) in [6.07, 6.45) is 1.46. The van der Waals surface area contributed by atoms with Crippen molar-refractivity contribution >= 4 is 34.8 Å². The summed E-state index contributed by atoms with van der Waals surface area (Å²) in [5.41, 5.74) is 7.31. The largest absolute Gasteiger partial charge is 0.396 e. The molecule has 0 aliphatic carbocycles. The van der Waals surface area contributed by atoms with Crippen LogP contribution in [0.5, 0.6) is 0 Å². The molecule has 0 unspecified atom stereocenters. The van der Waals surface area contributed by atoms with E-state index in [1.54, 1.807) is 32.3 Å². The Morgan fingerprint density at radius 3 is 2.45 bits per heavy atom. The van der Waals surface area contributed by atoms with Gasteiger partial charge in [0, 0.05) is 30.7 Å².